The third kappa shape index (κ3) is 1.90. The van der Waals surface area contributed by atoms with Gasteiger partial charge in [0.15, 0.2) is 0 Å². The molecule has 0 aliphatic carbocycles. The van der Waals surface area contributed by atoms with Crippen molar-refractivity contribution in [1.82, 2.24) is 0 Å². The molecule has 0 aliphatic rings. The molecule has 1 rings (SSSR count). The Morgan fingerprint density at radius 1 is 1.33 bits per heavy atom. The fourth-order valence-corrected chi connectivity index (χ4v) is 1.85. The van der Waals surface area contributed by atoms with Crippen LogP contribution in [0.15, 0.2) is 18.2 Å². The summed E-state index contributed by atoms with van der Waals surface area (Å²) in [5.41, 5.74) is 2.20. The number of benzene rings is 1. The third-order valence-electron chi connectivity index (χ3n) is 1.71. The summed E-state index contributed by atoms with van der Waals surface area (Å²) in [5, 5.41) is 0.790. The van der Waals surface area contributed by atoms with E-state index in [1.165, 1.54) is 12.7 Å². The van der Waals surface area contributed by atoms with Crippen LogP contribution in [0.4, 0.5) is 0 Å². The lowest BCUT2D eigenvalue weighted by atomic mass is 10.2. The molecular formula is C9H12O2P+. The van der Waals surface area contributed by atoms with Crippen LogP contribution < -0.4 is 5.30 Å². The standard InChI is InChI=1S/C9H12O2P/c1-7-4-5-9(8(2)6-7)12(10)11-3/h4-6H,1-3H3/q+1. The molecule has 1 atom stereocenters. The van der Waals surface area contributed by atoms with Crippen molar-refractivity contribution in [2.75, 3.05) is 7.11 Å². The van der Waals surface area contributed by atoms with Gasteiger partial charge in [0.25, 0.3) is 0 Å². The normalized spacial score (nSPS) is 11.4. The molecule has 0 saturated heterocycles. The van der Waals surface area contributed by atoms with E-state index in [0.717, 1.165) is 10.9 Å². The zero-order valence-electron chi connectivity index (χ0n) is 7.50. The van der Waals surface area contributed by atoms with Crippen molar-refractivity contribution in [3.05, 3.63) is 29.3 Å². The van der Waals surface area contributed by atoms with Crippen LogP contribution in [-0.4, -0.2) is 7.11 Å². The van der Waals surface area contributed by atoms with Crippen LogP contribution in [0.5, 0.6) is 0 Å². The first-order valence-corrected chi connectivity index (χ1v) is 4.91. The van der Waals surface area contributed by atoms with Gasteiger partial charge in [0.05, 0.1) is 7.11 Å². The topological polar surface area (TPSA) is 26.3 Å². The number of hydrogen-bond acceptors (Lipinski definition) is 2. The second-order valence-corrected chi connectivity index (χ2v) is 4.09. The smallest absolute Gasteiger partial charge is 0.145 e. The highest BCUT2D eigenvalue weighted by molar-refractivity contribution is 7.48. The molecule has 0 saturated carbocycles. The highest BCUT2D eigenvalue weighted by atomic mass is 31.1. The van der Waals surface area contributed by atoms with Crippen molar-refractivity contribution in [1.29, 1.82) is 0 Å². The fraction of sp³-hybridized carbons (Fsp3) is 0.333. The summed E-state index contributed by atoms with van der Waals surface area (Å²) in [6.07, 6.45) is 0. The van der Waals surface area contributed by atoms with Crippen LogP contribution in [-0.2, 0) is 9.09 Å². The van der Waals surface area contributed by atoms with Crippen LogP contribution in [0, 0.1) is 13.8 Å². The maximum atomic E-state index is 11.3. The minimum atomic E-state index is -1.66. The largest absolute Gasteiger partial charge is 0.548 e. The van der Waals surface area contributed by atoms with E-state index < -0.39 is 8.03 Å². The quantitative estimate of drug-likeness (QED) is 0.657. The van der Waals surface area contributed by atoms with Crippen molar-refractivity contribution in [3.8, 4) is 0 Å². The summed E-state index contributed by atoms with van der Waals surface area (Å²) < 4.78 is 16.0. The Bertz CT molecular complexity index is 307. The van der Waals surface area contributed by atoms with Crippen molar-refractivity contribution in [2.24, 2.45) is 0 Å². The molecule has 0 aromatic heterocycles. The average Bonchev–Trinajstić information content (AvgIpc) is 2.03. The Balaban J connectivity index is 3.09. The first-order valence-electron chi connectivity index (χ1n) is 3.74. The lowest BCUT2D eigenvalue weighted by molar-refractivity contribution is 0.423. The molecule has 0 amide bonds. The van der Waals surface area contributed by atoms with Gasteiger partial charge >= 0.3 is 8.03 Å². The van der Waals surface area contributed by atoms with Crippen molar-refractivity contribution in [2.45, 2.75) is 13.8 Å². The predicted octanol–water partition coefficient (Wildman–Crippen LogP) is 2.32. The Hall–Kier alpha value is -0.720. The predicted molar refractivity (Wildman–Crippen MR) is 50.2 cm³/mol. The second kappa shape index (κ2) is 3.79. The maximum absolute atomic E-state index is 11.3. The van der Waals surface area contributed by atoms with E-state index in [4.69, 9.17) is 4.52 Å². The summed E-state index contributed by atoms with van der Waals surface area (Å²) in [5.74, 6) is 0. The van der Waals surface area contributed by atoms with Gasteiger partial charge < -0.3 is 0 Å². The van der Waals surface area contributed by atoms with E-state index >= 15 is 0 Å². The minimum absolute atomic E-state index is 0.790. The molecule has 0 heterocycles. The Morgan fingerprint density at radius 3 is 2.50 bits per heavy atom. The SMILES string of the molecule is CO[P+](=O)c1ccc(C)cc1C. The highest BCUT2D eigenvalue weighted by Crippen LogP contribution is 2.21. The molecule has 0 N–H and O–H groups in total. The van der Waals surface area contributed by atoms with Crippen LogP contribution in [0.25, 0.3) is 0 Å². The molecule has 0 radical (unpaired) electrons. The minimum Gasteiger partial charge on any atom is -0.145 e. The number of hydrogen-bond donors (Lipinski definition) is 0. The zero-order valence-corrected chi connectivity index (χ0v) is 8.39. The van der Waals surface area contributed by atoms with Crippen molar-refractivity contribution in [3.63, 3.8) is 0 Å². The molecule has 64 valence electrons. The van der Waals surface area contributed by atoms with Crippen LogP contribution in [0.2, 0.25) is 0 Å². The van der Waals surface area contributed by atoms with Gasteiger partial charge in [0.2, 0.25) is 5.30 Å². The van der Waals surface area contributed by atoms with E-state index in [2.05, 4.69) is 0 Å². The van der Waals surface area contributed by atoms with E-state index in [0.29, 0.717) is 0 Å². The molecule has 1 unspecified atom stereocenters. The van der Waals surface area contributed by atoms with E-state index in [1.807, 2.05) is 32.0 Å². The maximum Gasteiger partial charge on any atom is 0.548 e. The van der Waals surface area contributed by atoms with Crippen molar-refractivity contribution >= 4 is 13.3 Å². The van der Waals surface area contributed by atoms with Gasteiger partial charge in [-0.1, -0.05) is 17.7 Å². The van der Waals surface area contributed by atoms with Crippen LogP contribution in [0.1, 0.15) is 11.1 Å². The summed E-state index contributed by atoms with van der Waals surface area (Å²) in [6, 6.07) is 5.79. The van der Waals surface area contributed by atoms with Gasteiger partial charge in [-0.15, -0.1) is 4.52 Å². The molecule has 0 aliphatic heterocycles. The van der Waals surface area contributed by atoms with Gasteiger partial charge in [0, 0.05) is 5.56 Å². The molecule has 12 heavy (non-hydrogen) atoms. The summed E-state index contributed by atoms with van der Waals surface area (Å²) in [7, 11) is -0.200. The zero-order chi connectivity index (χ0) is 9.14. The molecule has 1 aromatic rings. The Labute approximate surface area is 73.4 Å². The van der Waals surface area contributed by atoms with Gasteiger partial charge in [-0.25, -0.2) is 0 Å². The van der Waals surface area contributed by atoms with Crippen molar-refractivity contribution < 1.29 is 9.09 Å². The fourth-order valence-electron chi connectivity index (χ4n) is 1.11. The van der Waals surface area contributed by atoms with Gasteiger partial charge in [-0.05, 0) is 24.5 Å². The van der Waals surface area contributed by atoms with E-state index in [9.17, 15) is 4.57 Å². The number of aryl methyl sites for hydroxylation is 2. The summed E-state index contributed by atoms with van der Waals surface area (Å²) in [6.45, 7) is 3.95. The molecule has 0 bridgehead atoms. The Kier molecular flexibility index (Phi) is 2.96. The highest BCUT2D eigenvalue weighted by Gasteiger charge is 2.21. The Morgan fingerprint density at radius 2 is 2.00 bits per heavy atom. The molecule has 1 aromatic carbocycles. The van der Waals surface area contributed by atoms with Crippen LogP contribution in [0.3, 0.4) is 0 Å². The number of rotatable bonds is 2. The summed E-state index contributed by atoms with van der Waals surface area (Å²) >= 11 is 0. The van der Waals surface area contributed by atoms with E-state index in [1.54, 1.807) is 0 Å². The van der Waals surface area contributed by atoms with Gasteiger partial charge in [0.1, 0.15) is 0 Å². The van der Waals surface area contributed by atoms with E-state index in [-0.39, 0.29) is 0 Å². The lowest BCUT2D eigenvalue weighted by Gasteiger charge is -1.94. The molecule has 3 heteroatoms. The molecule has 0 fully saturated rings. The van der Waals surface area contributed by atoms with Crippen LogP contribution >= 0.6 is 8.03 Å². The third-order valence-corrected chi connectivity index (χ3v) is 2.94. The van der Waals surface area contributed by atoms with Gasteiger partial charge in [-0.2, -0.15) is 0 Å². The molecule has 2 nitrogen and oxygen atoms in total. The summed E-state index contributed by atoms with van der Waals surface area (Å²) in [4.78, 5) is 0. The lowest BCUT2D eigenvalue weighted by Crippen LogP contribution is -2.02. The van der Waals surface area contributed by atoms with Gasteiger partial charge in [-0.3, -0.25) is 0 Å². The molecular weight excluding hydrogens is 171 g/mol. The molecule has 0 spiro atoms. The monoisotopic (exact) mass is 183 g/mol. The first-order chi connectivity index (χ1) is 5.65. The second-order valence-electron chi connectivity index (χ2n) is 2.73. The average molecular weight is 183 g/mol. The first kappa shape index (κ1) is 9.37.